The number of carbonyl (C=O) groups excluding carboxylic acids is 2. The summed E-state index contributed by atoms with van der Waals surface area (Å²) in [4.78, 5) is 30.7. The summed E-state index contributed by atoms with van der Waals surface area (Å²) < 4.78 is 11.3. The van der Waals surface area contributed by atoms with Crippen LogP contribution in [0.1, 0.15) is 30.0 Å². The van der Waals surface area contributed by atoms with Gasteiger partial charge in [0.2, 0.25) is 0 Å². The largest absolute Gasteiger partial charge is 0.491 e. The zero-order chi connectivity index (χ0) is 22.0. The van der Waals surface area contributed by atoms with E-state index in [9.17, 15) is 9.59 Å². The summed E-state index contributed by atoms with van der Waals surface area (Å²) in [5.74, 6) is -0.0883. The Kier molecular flexibility index (Phi) is 6.09. The highest BCUT2D eigenvalue weighted by Gasteiger charge is 2.44. The maximum absolute atomic E-state index is 13.8. The van der Waals surface area contributed by atoms with E-state index in [1.807, 2.05) is 56.0 Å². The third kappa shape index (κ3) is 3.95. The van der Waals surface area contributed by atoms with Crippen LogP contribution < -0.4 is 9.64 Å². The van der Waals surface area contributed by atoms with E-state index in [1.165, 1.54) is 4.90 Å². The minimum atomic E-state index is -0.314. The zero-order valence-electron chi connectivity index (χ0n) is 18.3. The van der Waals surface area contributed by atoms with Crippen molar-refractivity contribution in [2.75, 3.05) is 37.8 Å². The maximum atomic E-state index is 13.8. The molecule has 0 aliphatic carbocycles. The van der Waals surface area contributed by atoms with E-state index < -0.39 is 0 Å². The van der Waals surface area contributed by atoms with Crippen LogP contribution in [0.2, 0.25) is 0 Å². The van der Waals surface area contributed by atoms with Gasteiger partial charge < -0.3 is 14.4 Å². The molecule has 4 rings (SSSR count). The van der Waals surface area contributed by atoms with E-state index >= 15 is 0 Å². The lowest BCUT2D eigenvalue weighted by Crippen LogP contribution is -2.40. The predicted octanol–water partition coefficient (Wildman–Crippen LogP) is 3.71. The van der Waals surface area contributed by atoms with Gasteiger partial charge in [-0.1, -0.05) is 42.8 Å². The Labute approximate surface area is 183 Å². The van der Waals surface area contributed by atoms with E-state index in [-0.39, 0.29) is 11.8 Å². The standard InChI is InChI=1S/C25H28N2O4/c1-4-13-31-21-8-6-5-7-20(21)27-24(28)22(19-10-9-17(2)16-18(19)3)23(25(27)29)26-11-14-30-15-12-26/h5-10,16H,4,11-15H2,1-3H3. The average molecular weight is 421 g/mol. The van der Waals surface area contributed by atoms with Crippen LogP contribution in [0.5, 0.6) is 5.75 Å². The van der Waals surface area contributed by atoms with Crippen LogP contribution in [0.25, 0.3) is 5.57 Å². The lowest BCUT2D eigenvalue weighted by Gasteiger charge is -2.30. The molecule has 1 saturated heterocycles. The highest BCUT2D eigenvalue weighted by atomic mass is 16.5. The third-order valence-corrected chi connectivity index (χ3v) is 5.61. The summed E-state index contributed by atoms with van der Waals surface area (Å²) in [7, 11) is 0. The summed E-state index contributed by atoms with van der Waals surface area (Å²) in [6.07, 6.45) is 0.835. The Morgan fingerprint density at radius 2 is 1.74 bits per heavy atom. The lowest BCUT2D eigenvalue weighted by molar-refractivity contribution is -0.121. The van der Waals surface area contributed by atoms with Crippen molar-refractivity contribution in [3.63, 3.8) is 0 Å². The second-order valence-corrected chi connectivity index (χ2v) is 7.90. The fourth-order valence-corrected chi connectivity index (χ4v) is 4.13. The van der Waals surface area contributed by atoms with Gasteiger partial charge in [0, 0.05) is 13.1 Å². The van der Waals surface area contributed by atoms with Crippen molar-refractivity contribution in [3.8, 4) is 5.75 Å². The van der Waals surface area contributed by atoms with Crippen molar-refractivity contribution in [1.29, 1.82) is 0 Å². The van der Waals surface area contributed by atoms with Crippen molar-refractivity contribution < 1.29 is 19.1 Å². The Morgan fingerprint density at radius 1 is 1.00 bits per heavy atom. The molecule has 2 aliphatic heterocycles. The molecule has 0 spiro atoms. The average Bonchev–Trinajstić information content (AvgIpc) is 3.03. The molecule has 162 valence electrons. The number of nitrogens with zero attached hydrogens (tertiary/aromatic N) is 2. The van der Waals surface area contributed by atoms with Crippen molar-refractivity contribution in [2.45, 2.75) is 27.2 Å². The van der Waals surface area contributed by atoms with Gasteiger partial charge in [-0.3, -0.25) is 9.59 Å². The number of hydrogen-bond acceptors (Lipinski definition) is 5. The molecule has 6 heteroatoms. The number of amides is 2. The highest BCUT2D eigenvalue weighted by molar-refractivity contribution is 6.45. The van der Waals surface area contributed by atoms with E-state index in [4.69, 9.17) is 9.47 Å². The first-order valence-electron chi connectivity index (χ1n) is 10.8. The van der Waals surface area contributed by atoms with Gasteiger partial charge in [-0.05, 0) is 43.5 Å². The second kappa shape index (κ2) is 8.94. The summed E-state index contributed by atoms with van der Waals surface area (Å²) in [5, 5.41) is 0. The number of imide groups is 1. The Morgan fingerprint density at radius 3 is 2.45 bits per heavy atom. The first-order valence-corrected chi connectivity index (χ1v) is 10.8. The smallest absolute Gasteiger partial charge is 0.282 e. The van der Waals surface area contributed by atoms with Gasteiger partial charge in [0.05, 0.1) is 31.1 Å². The van der Waals surface area contributed by atoms with E-state index in [0.29, 0.717) is 55.6 Å². The normalized spacial score (nSPS) is 17.0. The van der Waals surface area contributed by atoms with Gasteiger partial charge in [-0.2, -0.15) is 0 Å². The molecule has 1 fully saturated rings. The Bertz CT molecular complexity index is 1040. The molecule has 2 aliphatic rings. The molecule has 0 unspecified atom stereocenters. The number of ether oxygens (including phenoxy) is 2. The maximum Gasteiger partial charge on any atom is 0.282 e. The molecular formula is C25H28N2O4. The number of carbonyl (C=O) groups is 2. The van der Waals surface area contributed by atoms with Crippen molar-refractivity contribution >= 4 is 23.1 Å². The molecule has 2 amide bonds. The van der Waals surface area contributed by atoms with Crippen molar-refractivity contribution in [2.24, 2.45) is 0 Å². The first-order chi connectivity index (χ1) is 15.0. The number of para-hydroxylation sites is 2. The molecular weight excluding hydrogens is 392 g/mol. The third-order valence-electron chi connectivity index (χ3n) is 5.61. The number of aryl methyl sites for hydroxylation is 2. The van der Waals surface area contributed by atoms with Crippen LogP contribution >= 0.6 is 0 Å². The molecule has 2 aromatic rings. The van der Waals surface area contributed by atoms with Gasteiger partial charge in [-0.15, -0.1) is 0 Å². The van der Waals surface area contributed by atoms with Crippen LogP contribution in [0.15, 0.2) is 48.2 Å². The quantitative estimate of drug-likeness (QED) is 0.667. The fourth-order valence-electron chi connectivity index (χ4n) is 4.13. The van der Waals surface area contributed by atoms with Crippen LogP contribution in [0, 0.1) is 13.8 Å². The fraction of sp³-hybridized carbons (Fsp3) is 0.360. The van der Waals surface area contributed by atoms with Gasteiger partial charge in [-0.25, -0.2) is 4.90 Å². The summed E-state index contributed by atoms with van der Waals surface area (Å²) in [5.41, 5.74) is 4.26. The number of benzene rings is 2. The topological polar surface area (TPSA) is 59.1 Å². The predicted molar refractivity (Wildman–Crippen MR) is 120 cm³/mol. The van der Waals surface area contributed by atoms with E-state index in [1.54, 1.807) is 12.1 Å². The molecule has 0 aromatic heterocycles. The highest BCUT2D eigenvalue weighted by Crippen LogP contribution is 2.39. The summed E-state index contributed by atoms with van der Waals surface area (Å²) in [6, 6.07) is 13.2. The molecule has 2 aromatic carbocycles. The van der Waals surface area contributed by atoms with Gasteiger partial charge in [0.15, 0.2) is 0 Å². The molecule has 0 radical (unpaired) electrons. The van der Waals surface area contributed by atoms with Crippen LogP contribution in [0.4, 0.5) is 5.69 Å². The van der Waals surface area contributed by atoms with Crippen LogP contribution in [-0.2, 0) is 14.3 Å². The van der Waals surface area contributed by atoms with Gasteiger partial charge in [0.1, 0.15) is 11.4 Å². The van der Waals surface area contributed by atoms with Crippen LogP contribution in [-0.4, -0.2) is 49.6 Å². The zero-order valence-corrected chi connectivity index (χ0v) is 18.3. The lowest BCUT2D eigenvalue weighted by atomic mass is 9.97. The molecule has 0 bridgehead atoms. The Hall–Kier alpha value is -3.12. The number of hydrogen-bond donors (Lipinski definition) is 0. The molecule has 0 saturated carbocycles. The first kappa shape index (κ1) is 21.1. The minimum absolute atomic E-state index is 0.311. The minimum Gasteiger partial charge on any atom is -0.491 e. The molecule has 31 heavy (non-hydrogen) atoms. The molecule has 0 N–H and O–H groups in total. The van der Waals surface area contributed by atoms with Gasteiger partial charge >= 0.3 is 0 Å². The Balaban J connectivity index is 1.83. The monoisotopic (exact) mass is 420 g/mol. The van der Waals surface area contributed by atoms with Crippen LogP contribution in [0.3, 0.4) is 0 Å². The molecule has 2 heterocycles. The second-order valence-electron chi connectivity index (χ2n) is 7.90. The van der Waals surface area contributed by atoms with Gasteiger partial charge in [0.25, 0.3) is 11.8 Å². The number of rotatable bonds is 6. The number of morpholine rings is 1. The van der Waals surface area contributed by atoms with E-state index in [0.717, 1.165) is 23.1 Å². The molecule has 6 nitrogen and oxygen atoms in total. The molecule has 0 atom stereocenters. The summed E-state index contributed by atoms with van der Waals surface area (Å²) >= 11 is 0. The number of anilines is 1. The summed E-state index contributed by atoms with van der Waals surface area (Å²) in [6.45, 7) is 8.73. The SMILES string of the molecule is CCCOc1ccccc1N1C(=O)C(c2ccc(C)cc2C)=C(N2CCOCC2)C1=O. The van der Waals surface area contributed by atoms with Crippen molar-refractivity contribution in [3.05, 3.63) is 64.9 Å². The van der Waals surface area contributed by atoms with E-state index in [2.05, 4.69) is 0 Å². The van der Waals surface area contributed by atoms with Crippen molar-refractivity contribution in [1.82, 2.24) is 4.90 Å².